The van der Waals surface area contributed by atoms with E-state index in [4.69, 9.17) is 5.11 Å². The fourth-order valence-corrected chi connectivity index (χ4v) is 2.05. The summed E-state index contributed by atoms with van der Waals surface area (Å²) in [5.41, 5.74) is 0.567. The molecule has 6 heteroatoms. The van der Waals surface area contributed by atoms with E-state index in [1.165, 1.54) is 6.92 Å². The Labute approximate surface area is 149 Å². The Bertz CT molecular complexity index is 422. The smallest absolute Gasteiger partial charge is 0.102 e. The van der Waals surface area contributed by atoms with E-state index in [9.17, 15) is 15.0 Å². The summed E-state index contributed by atoms with van der Waals surface area (Å²) in [6.45, 7) is 9.14. The van der Waals surface area contributed by atoms with Gasteiger partial charge in [-0.1, -0.05) is 30.3 Å². The SMILES string of the molecule is CC(O)C(C(=O)[O-])c1ccccc1.CC[N+](C)(CC)CCO.[Br-]. The quantitative estimate of drug-likeness (QED) is 0.499. The van der Waals surface area contributed by atoms with Crippen LogP contribution in [0.3, 0.4) is 0 Å². The summed E-state index contributed by atoms with van der Waals surface area (Å²) >= 11 is 0. The zero-order valence-electron chi connectivity index (χ0n) is 14.4. The van der Waals surface area contributed by atoms with Crippen molar-refractivity contribution >= 4 is 5.97 Å². The molecule has 23 heavy (non-hydrogen) atoms. The number of aliphatic carboxylic acids is 1. The number of hydrogen-bond donors (Lipinski definition) is 2. The predicted molar refractivity (Wildman–Crippen MR) is 85.1 cm³/mol. The molecular weight excluding hydrogens is 362 g/mol. The zero-order valence-corrected chi connectivity index (χ0v) is 16.0. The predicted octanol–water partition coefficient (Wildman–Crippen LogP) is -2.63. The molecule has 0 aliphatic rings. The van der Waals surface area contributed by atoms with Crippen LogP contribution >= 0.6 is 0 Å². The molecule has 0 saturated heterocycles. The van der Waals surface area contributed by atoms with Crippen LogP contribution in [-0.4, -0.2) is 60.1 Å². The number of aliphatic hydroxyl groups is 2. The van der Waals surface area contributed by atoms with Gasteiger partial charge in [0.1, 0.15) is 6.54 Å². The first-order valence-corrected chi connectivity index (χ1v) is 7.69. The third-order valence-electron chi connectivity index (χ3n) is 4.06. The summed E-state index contributed by atoms with van der Waals surface area (Å²) in [5, 5.41) is 28.5. The summed E-state index contributed by atoms with van der Waals surface area (Å²) in [6, 6.07) is 8.57. The van der Waals surface area contributed by atoms with Crippen LogP contribution < -0.4 is 22.1 Å². The number of halogens is 1. The number of nitrogens with zero attached hydrogens (tertiary/aromatic N) is 1. The highest BCUT2D eigenvalue weighted by molar-refractivity contribution is 5.74. The van der Waals surface area contributed by atoms with E-state index in [0.29, 0.717) is 12.2 Å². The van der Waals surface area contributed by atoms with Gasteiger partial charge in [-0.2, -0.15) is 0 Å². The minimum Gasteiger partial charge on any atom is -1.00 e. The van der Waals surface area contributed by atoms with Crippen molar-refractivity contribution in [1.82, 2.24) is 0 Å². The molecule has 1 aromatic rings. The van der Waals surface area contributed by atoms with Crippen molar-refractivity contribution in [1.29, 1.82) is 0 Å². The van der Waals surface area contributed by atoms with E-state index in [0.717, 1.165) is 24.1 Å². The van der Waals surface area contributed by atoms with Gasteiger partial charge >= 0.3 is 0 Å². The zero-order chi connectivity index (χ0) is 17.2. The molecular formula is C17H29BrNO4-. The largest absolute Gasteiger partial charge is 1.00 e. The van der Waals surface area contributed by atoms with Crippen LogP contribution in [0.5, 0.6) is 0 Å². The Balaban J connectivity index is 0. The van der Waals surface area contributed by atoms with E-state index >= 15 is 0 Å². The van der Waals surface area contributed by atoms with Crippen molar-refractivity contribution < 1.29 is 41.6 Å². The van der Waals surface area contributed by atoms with Gasteiger partial charge in [0.25, 0.3) is 0 Å². The molecule has 0 saturated carbocycles. The number of carbonyl (C=O) groups is 1. The maximum atomic E-state index is 10.7. The summed E-state index contributed by atoms with van der Waals surface area (Å²) in [5.74, 6) is -2.19. The summed E-state index contributed by atoms with van der Waals surface area (Å²) in [4.78, 5) is 10.7. The van der Waals surface area contributed by atoms with Gasteiger partial charge in [0.15, 0.2) is 0 Å². The first-order valence-electron chi connectivity index (χ1n) is 7.69. The first kappa shape index (κ1) is 24.3. The lowest BCUT2D eigenvalue weighted by atomic mass is 9.95. The number of aliphatic hydroxyl groups excluding tert-OH is 2. The van der Waals surface area contributed by atoms with Crippen molar-refractivity contribution in [3.05, 3.63) is 35.9 Å². The van der Waals surface area contributed by atoms with Crippen LogP contribution in [0, 0.1) is 0 Å². The lowest BCUT2D eigenvalue weighted by Gasteiger charge is -2.31. The van der Waals surface area contributed by atoms with Crippen LogP contribution in [-0.2, 0) is 4.79 Å². The van der Waals surface area contributed by atoms with Crippen LogP contribution in [0.1, 0.15) is 32.3 Å². The minimum absolute atomic E-state index is 0. The molecule has 1 rings (SSSR count). The number of benzene rings is 1. The molecule has 5 nitrogen and oxygen atoms in total. The summed E-state index contributed by atoms with van der Waals surface area (Å²) in [6.07, 6.45) is -0.938. The van der Waals surface area contributed by atoms with Gasteiger partial charge < -0.3 is 41.6 Å². The molecule has 1 aromatic carbocycles. The lowest BCUT2D eigenvalue weighted by molar-refractivity contribution is -0.906. The summed E-state index contributed by atoms with van der Waals surface area (Å²) in [7, 11) is 2.16. The standard InChI is InChI=1S/C10H12O3.C7H18NO.BrH/c1-7(11)9(10(12)13)8-5-3-2-4-6-8;1-4-8(3,5-2)6-7-9;/h2-7,9,11H,1H3,(H,12,13);9H,4-7H2,1-3H3;1H/q;+1;/p-2. The number of hydrogen-bond acceptors (Lipinski definition) is 4. The Morgan fingerprint density at radius 1 is 1.22 bits per heavy atom. The molecule has 0 amide bonds. The Morgan fingerprint density at radius 3 is 1.96 bits per heavy atom. The molecule has 0 aliphatic carbocycles. The van der Waals surface area contributed by atoms with Gasteiger partial charge in [0, 0.05) is 5.92 Å². The van der Waals surface area contributed by atoms with Crippen molar-refractivity contribution in [2.45, 2.75) is 32.8 Å². The van der Waals surface area contributed by atoms with Crippen molar-refractivity contribution in [3.63, 3.8) is 0 Å². The molecule has 2 unspecified atom stereocenters. The molecule has 0 aromatic heterocycles. The summed E-state index contributed by atoms with van der Waals surface area (Å²) < 4.78 is 0.983. The highest BCUT2D eigenvalue weighted by Crippen LogP contribution is 2.18. The fourth-order valence-electron chi connectivity index (χ4n) is 2.05. The number of carbonyl (C=O) groups excluding carboxylic acids is 1. The third-order valence-corrected chi connectivity index (χ3v) is 4.06. The highest BCUT2D eigenvalue weighted by Gasteiger charge is 2.17. The number of carboxylic acid groups (broad SMARTS) is 1. The monoisotopic (exact) mass is 390 g/mol. The van der Waals surface area contributed by atoms with Crippen molar-refractivity contribution in [2.24, 2.45) is 0 Å². The van der Waals surface area contributed by atoms with E-state index in [-0.39, 0.29) is 17.0 Å². The molecule has 0 fully saturated rings. The van der Waals surface area contributed by atoms with Crippen LogP contribution in [0.4, 0.5) is 0 Å². The number of rotatable bonds is 7. The maximum Gasteiger partial charge on any atom is 0.102 e. The molecule has 134 valence electrons. The van der Waals surface area contributed by atoms with Gasteiger partial charge in [-0.3, -0.25) is 0 Å². The topological polar surface area (TPSA) is 80.6 Å². The Morgan fingerprint density at radius 2 is 1.70 bits per heavy atom. The van der Waals surface area contributed by atoms with E-state index in [2.05, 4.69) is 20.9 Å². The normalized spacial score (nSPS) is 13.1. The Hall–Kier alpha value is -0.950. The first-order chi connectivity index (χ1) is 10.3. The molecule has 0 heterocycles. The molecule has 2 atom stereocenters. The van der Waals surface area contributed by atoms with Crippen LogP contribution in [0.2, 0.25) is 0 Å². The van der Waals surface area contributed by atoms with Gasteiger partial charge in [0.05, 0.1) is 38.8 Å². The molecule has 0 radical (unpaired) electrons. The van der Waals surface area contributed by atoms with Gasteiger partial charge in [-0.05, 0) is 26.3 Å². The maximum absolute atomic E-state index is 10.7. The second-order valence-electron chi connectivity index (χ2n) is 5.65. The average molecular weight is 391 g/mol. The highest BCUT2D eigenvalue weighted by atomic mass is 79.9. The van der Waals surface area contributed by atoms with Crippen LogP contribution in [0.15, 0.2) is 30.3 Å². The third kappa shape index (κ3) is 9.05. The number of quaternary nitrogens is 1. The fraction of sp³-hybridized carbons (Fsp3) is 0.588. The van der Waals surface area contributed by atoms with Gasteiger partial charge in [-0.15, -0.1) is 0 Å². The molecule has 0 aliphatic heterocycles. The molecule has 0 spiro atoms. The van der Waals surface area contributed by atoms with E-state index in [1.807, 2.05) is 0 Å². The second kappa shape index (κ2) is 12.5. The van der Waals surface area contributed by atoms with Crippen molar-refractivity contribution in [2.75, 3.05) is 33.3 Å². The van der Waals surface area contributed by atoms with Gasteiger partial charge in [0.2, 0.25) is 0 Å². The lowest BCUT2D eigenvalue weighted by Crippen LogP contribution is -3.00. The number of carboxylic acids is 1. The van der Waals surface area contributed by atoms with Gasteiger partial charge in [-0.25, -0.2) is 0 Å². The number of likely N-dealkylation sites (N-methyl/N-ethyl adjacent to an activating group) is 1. The van der Waals surface area contributed by atoms with E-state index in [1.54, 1.807) is 30.3 Å². The Kier molecular flexibility index (Phi) is 13.2. The van der Waals surface area contributed by atoms with Crippen LogP contribution in [0.25, 0.3) is 0 Å². The minimum atomic E-state index is -1.25. The average Bonchev–Trinajstić information content (AvgIpc) is 2.48. The van der Waals surface area contributed by atoms with E-state index < -0.39 is 18.0 Å². The molecule has 0 bridgehead atoms. The second-order valence-corrected chi connectivity index (χ2v) is 5.65. The molecule has 2 N–H and O–H groups in total. The van der Waals surface area contributed by atoms with Crippen molar-refractivity contribution in [3.8, 4) is 0 Å².